The van der Waals surface area contributed by atoms with Crippen LogP contribution in [0.1, 0.15) is 48.4 Å². The highest BCUT2D eigenvalue weighted by atomic mass is 14.4. The van der Waals surface area contributed by atoms with Gasteiger partial charge in [-0.3, -0.25) is 0 Å². The van der Waals surface area contributed by atoms with E-state index in [0.29, 0.717) is 5.92 Å². The van der Waals surface area contributed by atoms with E-state index in [1.807, 2.05) is 0 Å². The maximum Gasteiger partial charge on any atom is 0.0314 e. The van der Waals surface area contributed by atoms with Gasteiger partial charge < -0.3 is 0 Å². The molecule has 1 unspecified atom stereocenters. The molecular weight excluding hydrogens is 360 g/mol. The minimum Gasteiger partial charge on any atom is -0.0622 e. The van der Waals surface area contributed by atoms with Crippen molar-refractivity contribution in [3.05, 3.63) is 113 Å². The van der Waals surface area contributed by atoms with Crippen molar-refractivity contribution in [2.45, 2.75) is 26.2 Å². The molecule has 0 spiro atoms. The van der Waals surface area contributed by atoms with Gasteiger partial charge in [0.2, 0.25) is 0 Å². The number of rotatable bonds is 3. The molecule has 0 N–H and O–H groups in total. The predicted molar refractivity (Wildman–Crippen MR) is 129 cm³/mol. The van der Waals surface area contributed by atoms with E-state index in [4.69, 9.17) is 0 Å². The van der Waals surface area contributed by atoms with Crippen LogP contribution in [0.3, 0.4) is 0 Å². The van der Waals surface area contributed by atoms with Gasteiger partial charge in [0.1, 0.15) is 0 Å². The molecule has 6 rings (SSSR count). The average molecular weight is 385 g/mol. The summed E-state index contributed by atoms with van der Waals surface area (Å²) in [7, 11) is 0. The van der Waals surface area contributed by atoms with E-state index in [2.05, 4.69) is 105 Å². The normalized spacial score (nSPS) is 16.9. The lowest BCUT2D eigenvalue weighted by atomic mass is 9.82. The Morgan fingerprint density at radius 1 is 0.700 bits per heavy atom. The van der Waals surface area contributed by atoms with Crippen molar-refractivity contribution < 1.29 is 0 Å². The van der Waals surface area contributed by atoms with E-state index in [1.165, 1.54) is 60.9 Å². The summed E-state index contributed by atoms with van der Waals surface area (Å²) in [5.41, 5.74) is 12.8. The third-order valence-electron chi connectivity index (χ3n) is 6.85. The quantitative estimate of drug-likeness (QED) is 0.333. The maximum atomic E-state index is 2.42. The first-order valence-electron chi connectivity index (χ1n) is 10.9. The van der Waals surface area contributed by atoms with Crippen LogP contribution in [0.2, 0.25) is 0 Å². The van der Waals surface area contributed by atoms with E-state index >= 15 is 0 Å². The predicted octanol–water partition coefficient (Wildman–Crippen LogP) is 8.34. The second-order valence-corrected chi connectivity index (χ2v) is 8.45. The van der Waals surface area contributed by atoms with Crippen LogP contribution in [0.5, 0.6) is 0 Å². The third kappa shape index (κ3) is 2.34. The van der Waals surface area contributed by atoms with E-state index in [0.717, 1.165) is 6.42 Å². The van der Waals surface area contributed by atoms with Crippen LogP contribution in [0, 0.1) is 0 Å². The Morgan fingerprint density at radius 2 is 1.40 bits per heavy atom. The number of allylic oxidation sites excluding steroid dienone is 3. The average Bonchev–Trinajstić information content (AvgIpc) is 3.29. The molecule has 1 atom stereocenters. The molecule has 4 aromatic carbocycles. The Balaban J connectivity index is 1.60. The molecule has 0 heteroatoms. The first-order chi connectivity index (χ1) is 14.8. The lowest BCUT2D eigenvalue weighted by Crippen LogP contribution is -2.02. The SMILES string of the molecule is CCC1=C(C2C(C)=Cc3c(-c4ccccc4)cccc32)c2cccc3cccc1c23. The van der Waals surface area contributed by atoms with Gasteiger partial charge >= 0.3 is 0 Å². The van der Waals surface area contributed by atoms with Gasteiger partial charge in [0, 0.05) is 5.92 Å². The second-order valence-electron chi connectivity index (χ2n) is 8.45. The van der Waals surface area contributed by atoms with Crippen molar-refractivity contribution in [1.82, 2.24) is 0 Å². The number of hydrogen-bond acceptors (Lipinski definition) is 0. The van der Waals surface area contributed by atoms with E-state index < -0.39 is 0 Å². The minimum absolute atomic E-state index is 0.330. The summed E-state index contributed by atoms with van der Waals surface area (Å²) in [5, 5.41) is 2.79. The Bertz CT molecular complexity index is 1360. The topological polar surface area (TPSA) is 0 Å². The molecule has 4 aromatic rings. The summed E-state index contributed by atoms with van der Waals surface area (Å²) in [6.07, 6.45) is 3.48. The molecule has 0 amide bonds. The monoisotopic (exact) mass is 384 g/mol. The molecule has 0 fully saturated rings. The van der Waals surface area contributed by atoms with E-state index in [-0.39, 0.29) is 0 Å². The number of benzene rings is 4. The summed E-state index contributed by atoms with van der Waals surface area (Å²) < 4.78 is 0. The molecule has 0 saturated heterocycles. The van der Waals surface area contributed by atoms with Gasteiger partial charge in [-0.05, 0) is 68.6 Å². The maximum absolute atomic E-state index is 2.42. The molecular formula is C30H24. The highest BCUT2D eigenvalue weighted by Gasteiger charge is 2.34. The van der Waals surface area contributed by atoms with Crippen molar-refractivity contribution in [2.24, 2.45) is 0 Å². The van der Waals surface area contributed by atoms with Crippen LogP contribution in [-0.2, 0) is 0 Å². The third-order valence-corrected chi connectivity index (χ3v) is 6.85. The smallest absolute Gasteiger partial charge is 0.0314 e. The fourth-order valence-corrected chi connectivity index (χ4v) is 5.64. The number of fused-ring (bicyclic) bond motifs is 1. The molecule has 0 aliphatic heterocycles. The van der Waals surface area contributed by atoms with Crippen LogP contribution >= 0.6 is 0 Å². The summed E-state index contributed by atoms with van der Waals surface area (Å²) in [4.78, 5) is 0. The van der Waals surface area contributed by atoms with E-state index in [1.54, 1.807) is 0 Å². The van der Waals surface area contributed by atoms with Gasteiger partial charge in [-0.15, -0.1) is 0 Å². The van der Waals surface area contributed by atoms with Gasteiger partial charge in [0.05, 0.1) is 0 Å². The van der Waals surface area contributed by atoms with Crippen molar-refractivity contribution >= 4 is 28.0 Å². The summed E-state index contributed by atoms with van der Waals surface area (Å²) in [6.45, 7) is 4.61. The van der Waals surface area contributed by atoms with Crippen LogP contribution in [-0.4, -0.2) is 0 Å². The zero-order valence-electron chi connectivity index (χ0n) is 17.4. The van der Waals surface area contributed by atoms with Gasteiger partial charge in [0.25, 0.3) is 0 Å². The molecule has 0 aromatic heterocycles. The second kappa shape index (κ2) is 6.57. The van der Waals surface area contributed by atoms with Crippen LogP contribution in [0.25, 0.3) is 39.1 Å². The molecule has 2 aliphatic carbocycles. The van der Waals surface area contributed by atoms with Crippen molar-refractivity contribution in [1.29, 1.82) is 0 Å². The zero-order chi connectivity index (χ0) is 20.2. The van der Waals surface area contributed by atoms with Crippen molar-refractivity contribution in [2.75, 3.05) is 0 Å². The van der Waals surface area contributed by atoms with Gasteiger partial charge in [-0.2, -0.15) is 0 Å². The highest BCUT2D eigenvalue weighted by Crippen LogP contribution is 2.54. The first-order valence-corrected chi connectivity index (χ1v) is 10.9. The van der Waals surface area contributed by atoms with Crippen LogP contribution in [0.4, 0.5) is 0 Å². The van der Waals surface area contributed by atoms with E-state index in [9.17, 15) is 0 Å². The largest absolute Gasteiger partial charge is 0.0622 e. The lowest BCUT2D eigenvalue weighted by molar-refractivity contribution is 1.04. The Labute approximate surface area is 178 Å². The molecule has 0 nitrogen and oxygen atoms in total. The minimum atomic E-state index is 0.330. The molecule has 0 bridgehead atoms. The summed E-state index contributed by atoms with van der Waals surface area (Å²) in [5.74, 6) is 0.330. The Hall–Kier alpha value is -3.38. The van der Waals surface area contributed by atoms with Crippen LogP contribution < -0.4 is 0 Å². The highest BCUT2D eigenvalue weighted by molar-refractivity contribution is 6.16. The lowest BCUT2D eigenvalue weighted by Gasteiger charge is -2.20. The van der Waals surface area contributed by atoms with Crippen molar-refractivity contribution in [3.8, 4) is 11.1 Å². The molecule has 0 heterocycles. The molecule has 144 valence electrons. The van der Waals surface area contributed by atoms with Gasteiger partial charge in [0.15, 0.2) is 0 Å². The standard InChI is InChI=1S/C30H24/c1-3-22-24-15-7-12-21-13-8-17-26(29(21)24)30(22)28-19(2)18-27-23(14-9-16-25(27)28)20-10-5-4-6-11-20/h4-18,28H,3H2,1-2H3. The summed E-state index contributed by atoms with van der Waals surface area (Å²) in [6, 6.07) is 31.2. The Kier molecular flexibility index (Phi) is 3.83. The molecule has 30 heavy (non-hydrogen) atoms. The number of hydrogen-bond donors (Lipinski definition) is 0. The fourth-order valence-electron chi connectivity index (χ4n) is 5.64. The Morgan fingerprint density at radius 3 is 2.17 bits per heavy atom. The fraction of sp³-hybridized carbons (Fsp3) is 0.133. The van der Waals surface area contributed by atoms with Crippen molar-refractivity contribution in [3.63, 3.8) is 0 Å². The van der Waals surface area contributed by atoms with Crippen LogP contribution in [0.15, 0.2) is 90.5 Å². The van der Waals surface area contributed by atoms with Gasteiger partial charge in [-0.25, -0.2) is 0 Å². The summed E-state index contributed by atoms with van der Waals surface area (Å²) >= 11 is 0. The molecule has 0 saturated carbocycles. The van der Waals surface area contributed by atoms with Gasteiger partial charge in [-0.1, -0.05) is 104 Å². The molecule has 0 radical (unpaired) electrons. The zero-order valence-corrected chi connectivity index (χ0v) is 17.4. The molecule has 2 aliphatic rings. The first kappa shape index (κ1) is 17.5.